The van der Waals surface area contributed by atoms with Gasteiger partial charge in [0.25, 0.3) is 11.8 Å². The molecular formula is C26H23BrN4O6S2. The van der Waals surface area contributed by atoms with E-state index in [9.17, 15) is 29.1 Å². The molecule has 0 spiro atoms. The first-order chi connectivity index (χ1) is 18.6. The number of β-lactam (4-membered cyclic amide) rings is 1. The predicted octanol–water partition coefficient (Wildman–Crippen LogP) is 3.08. The molecule has 2 unspecified atom stereocenters. The summed E-state index contributed by atoms with van der Waals surface area (Å²) >= 11 is 6.14. The van der Waals surface area contributed by atoms with Gasteiger partial charge in [0, 0.05) is 18.5 Å². The second kappa shape index (κ2) is 10.6. The standard InChI is InChI=1S/C26H23BrN4O6S2/c1-3-30-10-15(20(32)14-9-16(27)39-24(14)30)21(33)28-17(13-7-5-4-6-8-13)22(34)29-18-23(35)31-19(26(36)37)12(2)11-38-25(18)31/h4-10,17-18,25H,3,11H2,1-2H3,(H,28,33)(H,29,34)(H,36,37)/t17?,18?,25-/m0/s1. The van der Waals surface area contributed by atoms with Gasteiger partial charge in [0.1, 0.15) is 33.5 Å². The van der Waals surface area contributed by atoms with E-state index in [1.54, 1.807) is 47.9 Å². The van der Waals surface area contributed by atoms with Gasteiger partial charge in [-0.15, -0.1) is 23.1 Å². The third-order valence-corrected chi connectivity index (χ3v) is 9.73. The number of benzene rings is 1. The van der Waals surface area contributed by atoms with E-state index in [4.69, 9.17) is 0 Å². The molecular weight excluding hydrogens is 608 g/mol. The summed E-state index contributed by atoms with van der Waals surface area (Å²) in [5.74, 6) is -2.69. The summed E-state index contributed by atoms with van der Waals surface area (Å²) in [7, 11) is 0. The third kappa shape index (κ3) is 4.79. The van der Waals surface area contributed by atoms with Gasteiger partial charge < -0.3 is 20.3 Å². The molecule has 1 saturated heterocycles. The Kier molecular flexibility index (Phi) is 7.40. The summed E-state index contributed by atoms with van der Waals surface area (Å²) in [5.41, 5.74) is 0.408. The Morgan fingerprint density at radius 2 is 1.92 bits per heavy atom. The number of thiophene rings is 1. The van der Waals surface area contributed by atoms with Crippen molar-refractivity contribution in [1.82, 2.24) is 20.1 Å². The van der Waals surface area contributed by atoms with Crippen molar-refractivity contribution >= 4 is 72.9 Å². The van der Waals surface area contributed by atoms with Crippen LogP contribution in [0.5, 0.6) is 0 Å². The van der Waals surface area contributed by atoms with Gasteiger partial charge in [-0.1, -0.05) is 30.3 Å². The molecule has 2 aliphatic heterocycles. The number of thioether (sulfide) groups is 1. The molecule has 0 radical (unpaired) electrons. The quantitative estimate of drug-likeness (QED) is 0.341. The van der Waals surface area contributed by atoms with Crippen molar-refractivity contribution in [2.75, 3.05) is 5.75 Å². The lowest BCUT2D eigenvalue weighted by Gasteiger charge is -2.49. The zero-order valence-corrected chi connectivity index (χ0v) is 24.0. The van der Waals surface area contributed by atoms with Gasteiger partial charge >= 0.3 is 5.97 Å². The first kappa shape index (κ1) is 27.2. The highest BCUT2D eigenvalue weighted by atomic mass is 79.9. The molecule has 1 fully saturated rings. The highest BCUT2D eigenvalue weighted by Gasteiger charge is 2.54. The molecule has 39 heavy (non-hydrogen) atoms. The summed E-state index contributed by atoms with van der Waals surface area (Å²) < 4.78 is 2.56. The predicted molar refractivity (Wildman–Crippen MR) is 151 cm³/mol. The van der Waals surface area contributed by atoms with E-state index in [1.807, 2.05) is 6.92 Å². The van der Waals surface area contributed by atoms with Gasteiger partial charge in [0.05, 0.1) is 9.17 Å². The molecule has 5 rings (SSSR count). The fourth-order valence-electron chi connectivity index (χ4n) is 4.71. The monoisotopic (exact) mass is 630 g/mol. The maximum Gasteiger partial charge on any atom is 0.352 e. The van der Waals surface area contributed by atoms with Crippen LogP contribution in [0.3, 0.4) is 0 Å². The molecule has 13 heteroatoms. The van der Waals surface area contributed by atoms with E-state index in [2.05, 4.69) is 26.6 Å². The fraction of sp³-hybridized carbons (Fsp3) is 0.269. The van der Waals surface area contributed by atoms with Gasteiger partial charge in [0.15, 0.2) is 0 Å². The Hall–Kier alpha value is -3.42. The van der Waals surface area contributed by atoms with Crippen molar-refractivity contribution in [3.63, 3.8) is 0 Å². The number of carboxylic acid groups (broad SMARTS) is 1. The smallest absolute Gasteiger partial charge is 0.352 e. The van der Waals surface area contributed by atoms with E-state index in [0.717, 1.165) is 8.62 Å². The SMILES string of the molecule is CCn1cc(C(=O)NC(C(=O)NC2C(=O)N3C(C(=O)O)=C(C)CS[C@@H]23)c2ccccc2)c(=O)c2cc(Br)sc21. The third-order valence-electron chi connectivity index (χ3n) is 6.63. The number of fused-ring (bicyclic) bond motifs is 2. The van der Waals surface area contributed by atoms with Crippen LogP contribution in [0.1, 0.15) is 35.8 Å². The van der Waals surface area contributed by atoms with Crippen molar-refractivity contribution < 1.29 is 24.3 Å². The van der Waals surface area contributed by atoms with Gasteiger partial charge in [-0.25, -0.2) is 4.79 Å². The Morgan fingerprint density at radius 3 is 2.59 bits per heavy atom. The zero-order chi connectivity index (χ0) is 28.0. The molecule has 202 valence electrons. The minimum atomic E-state index is -1.20. The lowest BCUT2D eigenvalue weighted by molar-refractivity contribution is -0.151. The number of pyridine rings is 1. The summed E-state index contributed by atoms with van der Waals surface area (Å²) in [5, 5.41) is 14.8. The average molecular weight is 632 g/mol. The number of hydrogen-bond donors (Lipinski definition) is 3. The lowest BCUT2D eigenvalue weighted by atomic mass is 10.0. The fourth-order valence-corrected chi connectivity index (χ4v) is 7.61. The molecule has 1 aromatic carbocycles. The minimum Gasteiger partial charge on any atom is -0.477 e. The topological polar surface area (TPSA) is 138 Å². The molecule has 2 aromatic heterocycles. The van der Waals surface area contributed by atoms with Crippen molar-refractivity contribution in [1.29, 1.82) is 0 Å². The van der Waals surface area contributed by atoms with E-state index in [-0.39, 0.29) is 11.3 Å². The largest absolute Gasteiger partial charge is 0.477 e. The molecule has 4 heterocycles. The normalized spacial score (nSPS) is 19.4. The van der Waals surface area contributed by atoms with Crippen molar-refractivity contribution in [2.45, 2.75) is 37.8 Å². The van der Waals surface area contributed by atoms with E-state index in [1.165, 1.54) is 34.2 Å². The number of amides is 3. The number of nitrogens with one attached hydrogen (secondary N) is 2. The molecule has 0 saturated carbocycles. The van der Waals surface area contributed by atoms with Crippen LogP contribution < -0.4 is 16.1 Å². The molecule has 3 amide bonds. The van der Waals surface area contributed by atoms with Crippen molar-refractivity contribution in [3.05, 3.63) is 79.0 Å². The van der Waals surface area contributed by atoms with Crippen LogP contribution in [0.25, 0.3) is 10.2 Å². The first-order valence-corrected chi connectivity index (χ1v) is 14.6. The second-order valence-electron chi connectivity index (χ2n) is 9.07. The number of nitrogens with zero attached hydrogens (tertiary/aromatic N) is 2. The number of carbonyl (C=O) groups is 4. The lowest BCUT2D eigenvalue weighted by Crippen LogP contribution is -2.71. The molecule has 3 atom stereocenters. The number of aliphatic carboxylic acids is 1. The second-order valence-corrected chi connectivity index (χ2v) is 12.6. The zero-order valence-electron chi connectivity index (χ0n) is 20.8. The minimum absolute atomic E-state index is 0.0650. The number of aromatic nitrogens is 1. The number of hydrogen-bond acceptors (Lipinski definition) is 7. The van der Waals surface area contributed by atoms with Crippen LogP contribution in [-0.2, 0) is 20.9 Å². The molecule has 0 bridgehead atoms. The van der Waals surface area contributed by atoms with Crippen LogP contribution >= 0.6 is 39.0 Å². The van der Waals surface area contributed by atoms with Gasteiger partial charge in [-0.3, -0.25) is 24.1 Å². The van der Waals surface area contributed by atoms with Gasteiger partial charge in [0.2, 0.25) is 11.3 Å². The van der Waals surface area contributed by atoms with E-state index < -0.39 is 46.6 Å². The van der Waals surface area contributed by atoms with Crippen LogP contribution in [0, 0.1) is 0 Å². The molecule has 10 nitrogen and oxygen atoms in total. The summed E-state index contributed by atoms with van der Waals surface area (Å²) in [6.07, 6.45) is 1.48. The van der Waals surface area contributed by atoms with E-state index >= 15 is 0 Å². The maximum absolute atomic E-state index is 13.5. The molecule has 3 N–H and O–H groups in total. The van der Waals surface area contributed by atoms with Gasteiger partial charge in [-0.2, -0.15) is 0 Å². The van der Waals surface area contributed by atoms with Crippen LogP contribution in [0.15, 0.2) is 62.4 Å². The summed E-state index contributed by atoms with van der Waals surface area (Å²) in [6.45, 7) is 4.08. The van der Waals surface area contributed by atoms with Crippen LogP contribution in [-0.4, -0.2) is 55.4 Å². The Bertz CT molecular complexity index is 1620. The maximum atomic E-state index is 13.5. The Labute approximate surface area is 239 Å². The van der Waals surface area contributed by atoms with Gasteiger partial charge in [-0.05, 0) is 47.0 Å². The van der Waals surface area contributed by atoms with Crippen molar-refractivity contribution in [2.24, 2.45) is 0 Å². The number of carboxylic acids is 1. The highest BCUT2D eigenvalue weighted by molar-refractivity contribution is 9.11. The molecule has 3 aromatic rings. The van der Waals surface area contributed by atoms with Crippen molar-refractivity contribution in [3.8, 4) is 0 Å². The van der Waals surface area contributed by atoms with Crippen LogP contribution in [0.4, 0.5) is 0 Å². The summed E-state index contributed by atoms with van der Waals surface area (Å²) in [6, 6.07) is 8.01. The number of carbonyl (C=O) groups excluding carboxylic acids is 3. The summed E-state index contributed by atoms with van der Waals surface area (Å²) in [4.78, 5) is 66.7. The average Bonchev–Trinajstić information content (AvgIpc) is 3.32. The molecule has 2 aliphatic rings. The Morgan fingerprint density at radius 1 is 1.21 bits per heavy atom. The van der Waals surface area contributed by atoms with Crippen LogP contribution in [0.2, 0.25) is 0 Å². The first-order valence-electron chi connectivity index (χ1n) is 12.0. The highest BCUT2D eigenvalue weighted by Crippen LogP contribution is 2.40. The Balaban J connectivity index is 1.42. The van der Waals surface area contributed by atoms with E-state index in [0.29, 0.717) is 28.8 Å². The number of rotatable bonds is 7. The number of halogens is 1. The number of aryl methyl sites for hydroxylation is 1. The molecule has 0 aliphatic carbocycles.